The van der Waals surface area contributed by atoms with Crippen LogP contribution in [0.15, 0.2) is 30.3 Å². The summed E-state index contributed by atoms with van der Waals surface area (Å²) in [5.41, 5.74) is 1.36. The number of nitrogens with one attached hydrogen (secondary N) is 1. The molecular formula is C15H24N2O. The van der Waals surface area contributed by atoms with E-state index in [1.807, 2.05) is 7.11 Å². The van der Waals surface area contributed by atoms with Gasteiger partial charge in [0, 0.05) is 39.8 Å². The van der Waals surface area contributed by atoms with Crippen molar-refractivity contribution in [3.8, 4) is 0 Å². The highest BCUT2D eigenvalue weighted by molar-refractivity contribution is 5.14. The topological polar surface area (TPSA) is 24.5 Å². The zero-order chi connectivity index (χ0) is 12.6. The highest BCUT2D eigenvalue weighted by atomic mass is 16.5. The number of hydrogen-bond donors (Lipinski definition) is 1. The highest BCUT2D eigenvalue weighted by Crippen LogP contribution is 2.11. The van der Waals surface area contributed by atoms with Crippen LogP contribution in [0.1, 0.15) is 18.4 Å². The molecule has 1 aromatic carbocycles. The SMILES string of the molecule is COC1CCN(CCNCc2ccccc2)CC1. The van der Waals surface area contributed by atoms with Crippen LogP contribution in [0.2, 0.25) is 0 Å². The fourth-order valence-electron chi connectivity index (χ4n) is 2.43. The predicted molar refractivity (Wildman–Crippen MR) is 74.6 cm³/mol. The number of nitrogens with zero attached hydrogens (tertiary/aromatic N) is 1. The van der Waals surface area contributed by atoms with Gasteiger partial charge in [0.25, 0.3) is 0 Å². The summed E-state index contributed by atoms with van der Waals surface area (Å²) < 4.78 is 5.38. The molecule has 1 N–H and O–H groups in total. The largest absolute Gasteiger partial charge is 0.381 e. The number of rotatable bonds is 6. The third-order valence-corrected chi connectivity index (χ3v) is 3.64. The number of benzene rings is 1. The van der Waals surface area contributed by atoms with Crippen molar-refractivity contribution in [3.63, 3.8) is 0 Å². The Kier molecular flexibility index (Phi) is 5.65. The molecule has 0 aromatic heterocycles. The second-order valence-electron chi connectivity index (χ2n) is 4.94. The van der Waals surface area contributed by atoms with Gasteiger partial charge in [-0.25, -0.2) is 0 Å². The van der Waals surface area contributed by atoms with Crippen LogP contribution in [0.5, 0.6) is 0 Å². The molecule has 2 rings (SSSR count). The van der Waals surface area contributed by atoms with E-state index in [2.05, 4.69) is 40.5 Å². The molecule has 0 aliphatic carbocycles. The summed E-state index contributed by atoms with van der Waals surface area (Å²) in [5, 5.41) is 3.50. The van der Waals surface area contributed by atoms with Crippen LogP contribution < -0.4 is 5.32 Å². The van der Waals surface area contributed by atoms with Crippen molar-refractivity contribution in [3.05, 3.63) is 35.9 Å². The first-order valence-corrected chi connectivity index (χ1v) is 6.88. The summed E-state index contributed by atoms with van der Waals surface area (Å²) in [7, 11) is 1.82. The minimum atomic E-state index is 0.485. The molecule has 0 amide bonds. The van der Waals surface area contributed by atoms with Crippen molar-refractivity contribution in [1.82, 2.24) is 10.2 Å². The van der Waals surface area contributed by atoms with Crippen LogP contribution in [0.25, 0.3) is 0 Å². The number of ether oxygens (including phenoxy) is 1. The lowest BCUT2D eigenvalue weighted by Crippen LogP contribution is -2.40. The van der Waals surface area contributed by atoms with Crippen LogP contribution in [-0.2, 0) is 11.3 Å². The number of methoxy groups -OCH3 is 1. The van der Waals surface area contributed by atoms with Crippen molar-refractivity contribution in [1.29, 1.82) is 0 Å². The molecule has 0 unspecified atom stereocenters. The van der Waals surface area contributed by atoms with Crippen LogP contribution >= 0.6 is 0 Å². The zero-order valence-corrected chi connectivity index (χ0v) is 11.3. The third-order valence-electron chi connectivity index (χ3n) is 3.64. The van der Waals surface area contributed by atoms with Crippen molar-refractivity contribution < 1.29 is 4.74 Å². The van der Waals surface area contributed by atoms with Gasteiger partial charge in [0.1, 0.15) is 0 Å². The van der Waals surface area contributed by atoms with Gasteiger partial charge < -0.3 is 15.0 Å². The number of hydrogen-bond acceptors (Lipinski definition) is 3. The van der Waals surface area contributed by atoms with E-state index in [4.69, 9.17) is 4.74 Å². The zero-order valence-electron chi connectivity index (χ0n) is 11.3. The molecule has 3 nitrogen and oxygen atoms in total. The molecule has 100 valence electrons. The number of likely N-dealkylation sites (tertiary alicyclic amines) is 1. The summed E-state index contributed by atoms with van der Waals surface area (Å²) in [6.07, 6.45) is 2.84. The molecule has 1 heterocycles. The van der Waals surface area contributed by atoms with Crippen LogP contribution in [0, 0.1) is 0 Å². The van der Waals surface area contributed by atoms with Crippen LogP contribution in [0.3, 0.4) is 0 Å². The van der Waals surface area contributed by atoms with E-state index in [1.165, 1.54) is 31.5 Å². The quantitative estimate of drug-likeness (QED) is 0.778. The molecule has 1 aromatic rings. The van der Waals surface area contributed by atoms with Crippen molar-refractivity contribution in [2.75, 3.05) is 33.3 Å². The van der Waals surface area contributed by atoms with E-state index in [0.717, 1.165) is 19.6 Å². The monoisotopic (exact) mass is 248 g/mol. The summed E-state index contributed by atoms with van der Waals surface area (Å²) >= 11 is 0. The van der Waals surface area contributed by atoms with E-state index in [0.29, 0.717) is 6.10 Å². The van der Waals surface area contributed by atoms with E-state index in [1.54, 1.807) is 0 Å². The van der Waals surface area contributed by atoms with Crippen molar-refractivity contribution >= 4 is 0 Å². The van der Waals surface area contributed by atoms with Gasteiger partial charge in [0.15, 0.2) is 0 Å². The van der Waals surface area contributed by atoms with Gasteiger partial charge in [0.05, 0.1) is 6.10 Å². The first-order chi connectivity index (χ1) is 8.88. The lowest BCUT2D eigenvalue weighted by atomic mass is 10.1. The minimum absolute atomic E-state index is 0.485. The summed E-state index contributed by atoms with van der Waals surface area (Å²) in [5.74, 6) is 0. The van der Waals surface area contributed by atoms with Crippen molar-refractivity contribution in [2.24, 2.45) is 0 Å². The minimum Gasteiger partial charge on any atom is -0.381 e. The van der Waals surface area contributed by atoms with Crippen LogP contribution in [-0.4, -0.2) is 44.3 Å². The Hall–Kier alpha value is -0.900. The molecule has 0 bridgehead atoms. The third kappa shape index (κ3) is 4.41. The molecule has 0 saturated carbocycles. The van der Waals surface area contributed by atoms with E-state index >= 15 is 0 Å². The highest BCUT2D eigenvalue weighted by Gasteiger charge is 2.17. The maximum absolute atomic E-state index is 5.38. The fraction of sp³-hybridized carbons (Fsp3) is 0.600. The maximum Gasteiger partial charge on any atom is 0.0595 e. The van der Waals surface area contributed by atoms with Gasteiger partial charge in [-0.05, 0) is 18.4 Å². The van der Waals surface area contributed by atoms with Gasteiger partial charge in [-0.3, -0.25) is 0 Å². The Morgan fingerprint density at radius 1 is 1.22 bits per heavy atom. The predicted octanol–water partition coefficient (Wildman–Crippen LogP) is 1.89. The first-order valence-electron chi connectivity index (χ1n) is 6.88. The molecule has 1 aliphatic heterocycles. The molecule has 1 aliphatic rings. The molecular weight excluding hydrogens is 224 g/mol. The van der Waals surface area contributed by atoms with Gasteiger partial charge in [-0.2, -0.15) is 0 Å². The molecule has 18 heavy (non-hydrogen) atoms. The molecule has 0 atom stereocenters. The maximum atomic E-state index is 5.38. The van der Waals surface area contributed by atoms with Gasteiger partial charge in [-0.1, -0.05) is 30.3 Å². The Labute approximate surface area is 110 Å². The summed E-state index contributed by atoms with van der Waals surface area (Å²) in [6.45, 7) is 5.52. The Morgan fingerprint density at radius 2 is 1.94 bits per heavy atom. The molecule has 0 radical (unpaired) electrons. The average Bonchev–Trinajstić information content (AvgIpc) is 2.45. The van der Waals surface area contributed by atoms with E-state index in [9.17, 15) is 0 Å². The van der Waals surface area contributed by atoms with E-state index < -0.39 is 0 Å². The smallest absolute Gasteiger partial charge is 0.0595 e. The average molecular weight is 248 g/mol. The van der Waals surface area contributed by atoms with E-state index in [-0.39, 0.29) is 0 Å². The standard InChI is InChI=1S/C15H24N2O/c1-18-15-7-10-17(11-8-15)12-9-16-13-14-5-3-2-4-6-14/h2-6,15-16H,7-13H2,1H3. The fourth-order valence-corrected chi connectivity index (χ4v) is 2.43. The van der Waals surface area contributed by atoms with Gasteiger partial charge in [0.2, 0.25) is 0 Å². The van der Waals surface area contributed by atoms with Gasteiger partial charge in [-0.15, -0.1) is 0 Å². The Balaban J connectivity index is 1.56. The first kappa shape index (κ1) is 13.5. The van der Waals surface area contributed by atoms with Crippen LogP contribution in [0.4, 0.5) is 0 Å². The summed E-state index contributed by atoms with van der Waals surface area (Å²) in [6, 6.07) is 10.6. The Morgan fingerprint density at radius 3 is 2.61 bits per heavy atom. The number of piperidine rings is 1. The van der Waals surface area contributed by atoms with Crippen molar-refractivity contribution in [2.45, 2.75) is 25.5 Å². The normalized spacial score (nSPS) is 18.1. The molecule has 3 heteroatoms. The molecule has 1 fully saturated rings. The molecule has 1 saturated heterocycles. The second kappa shape index (κ2) is 7.52. The lowest BCUT2D eigenvalue weighted by molar-refractivity contribution is 0.0414. The lowest BCUT2D eigenvalue weighted by Gasteiger charge is -2.31. The van der Waals surface area contributed by atoms with Gasteiger partial charge >= 0.3 is 0 Å². The molecule has 0 spiro atoms. The Bertz CT molecular complexity index is 321. The summed E-state index contributed by atoms with van der Waals surface area (Å²) in [4.78, 5) is 2.52. The second-order valence-corrected chi connectivity index (χ2v) is 4.94.